The van der Waals surface area contributed by atoms with Crippen molar-refractivity contribution in [3.8, 4) is 0 Å². The molecule has 1 aromatic carbocycles. The van der Waals surface area contributed by atoms with Crippen LogP contribution in [0.1, 0.15) is 19.3 Å². The predicted molar refractivity (Wildman–Crippen MR) is 82.6 cm³/mol. The van der Waals surface area contributed by atoms with Gasteiger partial charge in [0.15, 0.2) is 9.84 Å². The summed E-state index contributed by atoms with van der Waals surface area (Å²) < 4.78 is 23.5. The lowest BCUT2D eigenvalue weighted by molar-refractivity contribution is 0.380. The van der Waals surface area contributed by atoms with Crippen LogP contribution in [0.5, 0.6) is 0 Å². The highest BCUT2D eigenvalue weighted by Gasteiger charge is 2.35. The summed E-state index contributed by atoms with van der Waals surface area (Å²) in [7, 11) is -3.28. The molecule has 4 nitrogen and oxygen atoms in total. The Balaban J connectivity index is 2.18. The first-order chi connectivity index (χ1) is 8.88. The van der Waals surface area contributed by atoms with Gasteiger partial charge in [0.1, 0.15) is 0 Å². The Morgan fingerprint density at radius 2 is 2.11 bits per heavy atom. The highest BCUT2D eigenvalue weighted by Crippen LogP contribution is 2.43. The van der Waals surface area contributed by atoms with Crippen LogP contribution in [0.2, 0.25) is 0 Å². The van der Waals surface area contributed by atoms with Crippen molar-refractivity contribution in [2.75, 3.05) is 30.1 Å². The fraction of sp³-hybridized carbons (Fsp3) is 0.538. The maximum absolute atomic E-state index is 11.6. The van der Waals surface area contributed by atoms with Gasteiger partial charge in [-0.25, -0.2) is 8.42 Å². The Morgan fingerprint density at radius 1 is 1.42 bits per heavy atom. The third-order valence-electron chi connectivity index (χ3n) is 3.76. The van der Waals surface area contributed by atoms with Gasteiger partial charge in [0, 0.05) is 17.5 Å². The Kier molecular flexibility index (Phi) is 4.01. The first-order valence-electron chi connectivity index (χ1n) is 6.25. The van der Waals surface area contributed by atoms with Crippen LogP contribution in [-0.4, -0.2) is 32.2 Å². The van der Waals surface area contributed by atoms with Gasteiger partial charge in [-0.3, -0.25) is 0 Å². The minimum absolute atomic E-state index is 0.198. The molecule has 1 aromatic rings. The normalized spacial score (nSPS) is 17.8. The van der Waals surface area contributed by atoms with Crippen molar-refractivity contribution in [2.45, 2.75) is 28.9 Å². The summed E-state index contributed by atoms with van der Waals surface area (Å²) in [5, 5.41) is 3.31. The highest BCUT2D eigenvalue weighted by atomic mass is 32.2. The van der Waals surface area contributed by atoms with Gasteiger partial charge in [-0.2, -0.15) is 11.8 Å². The zero-order valence-corrected chi connectivity index (χ0v) is 12.9. The average Bonchev–Trinajstić information content (AvgIpc) is 2.28. The molecule has 0 atom stereocenters. The molecule has 1 aliphatic carbocycles. The molecule has 0 bridgehead atoms. The second-order valence-corrected chi connectivity index (χ2v) is 8.34. The lowest BCUT2D eigenvalue weighted by Gasteiger charge is -2.40. The van der Waals surface area contributed by atoms with Crippen molar-refractivity contribution >= 4 is 33.0 Å². The van der Waals surface area contributed by atoms with Crippen molar-refractivity contribution in [2.24, 2.45) is 0 Å². The summed E-state index contributed by atoms with van der Waals surface area (Å²) in [6.07, 6.45) is 6.97. The Bertz CT molecular complexity index is 560. The molecule has 6 heteroatoms. The van der Waals surface area contributed by atoms with E-state index in [1.54, 1.807) is 12.1 Å². The highest BCUT2D eigenvalue weighted by molar-refractivity contribution is 8.00. The molecule has 1 fully saturated rings. The molecule has 0 amide bonds. The number of para-hydroxylation sites is 1. The van der Waals surface area contributed by atoms with E-state index in [2.05, 4.69) is 11.6 Å². The predicted octanol–water partition coefficient (Wildman–Crippen LogP) is 2.37. The standard InChI is InChI=1S/C13H20N2O2S2/c1-18-13(7-4-8-13)9-15-10-5-3-6-11(12(10)14)19(2,16)17/h3,5-6,15H,4,7-9,14H2,1-2H3. The number of anilines is 2. The van der Waals surface area contributed by atoms with Gasteiger partial charge < -0.3 is 11.1 Å². The summed E-state index contributed by atoms with van der Waals surface area (Å²) >= 11 is 1.87. The molecule has 2 rings (SSSR count). The number of nitrogens with two attached hydrogens (primary N) is 1. The summed E-state index contributed by atoms with van der Waals surface area (Å²) in [5.41, 5.74) is 6.98. The van der Waals surface area contributed by atoms with Crippen LogP contribution in [0.3, 0.4) is 0 Å². The number of rotatable bonds is 5. The van der Waals surface area contributed by atoms with Gasteiger partial charge in [0.2, 0.25) is 0 Å². The molecule has 0 aliphatic heterocycles. The van der Waals surface area contributed by atoms with Crippen LogP contribution in [0.25, 0.3) is 0 Å². The molecule has 3 N–H and O–H groups in total. The van der Waals surface area contributed by atoms with E-state index in [0.717, 1.165) is 6.54 Å². The molecule has 0 heterocycles. The average molecular weight is 300 g/mol. The topological polar surface area (TPSA) is 72.2 Å². The molecular weight excluding hydrogens is 280 g/mol. The largest absolute Gasteiger partial charge is 0.396 e. The van der Waals surface area contributed by atoms with Crippen LogP contribution in [0.4, 0.5) is 11.4 Å². The molecule has 0 unspecified atom stereocenters. The SMILES string of the molecule is CSC1(CNc2cccc(S(C)(=O)=O)c2N)CCC1. The maximum atomic E-state index is 11.6. The number of benzene rings is 1. The van der Waals surface area contributed by atoms with E-state index in [4.69, 9.17) is 5.73 Å². The van der Waals surface area contributed by atoms with Gasteiger partial charge in [0.25, 0.3) is 0 Å². The summed E-state index contributed by atoms with van der Waals surface area (Å²) in [4.78, 5) is 0.198. The Morgan fingerprint density at radius 3 is 2.58 bits per heavy atom. The van der Waals surface area contributed by atoms with Crippen molar-refractivity contribution in [1.82, 2.24) is 0 Å². The lowest BCUT2D eigenvalue weighted by Crippen LogP contribution is -2.40. The van der Waals surface area contributed by atoms with Crippen molar-refractivity contribution < 1.29 is 8.42 Å². The molecule has 0 saturated heterocycles. The van der Waals surface area contributed by atoms with Gasteiger partial charge in [0.05, 0.1) is 16.3 Å². The summed E-state index contributed by atoms with van der Waals surface area (Å²) in [6.45, 7) is 0.825. The molecule has 0 radical (unpaired) electrons. The number of hydrogen-bond donors (Lipinski definition) is 2. The fourth-order valence-corrected chi connectivity index (χ4v) is 4.05. The van der Waals surface area contributed by atoms with Crippen molar-refractivity contribution in [3.05, 3.63) is 18.2 Å². The van der Waals surface area contributed by atoms with Gasteiger partial charge >= 0.3 is 0 Å². The molecule has 1 aliphatic rings. The lowest BCUT2D eigenvalue weighted by atomic mass is 9.84. The minimum Gasteiger partial charge on any atom is -0.396 e. The van der Waals surface area contributed by atoms with Gasteiger partial charge in [-0.15, -0.1) is 0 Å². The number of nitrogen functional groups attached to an aromatic ring is 1. The van der Waals surface area contributed by atoms with Gasteiger partial charge in [-0.05, 0) is 31.2 Å². The van der Waals surface area contributed by atoms with E-state index < -0.39 is 9.84 Å². The van der Waals surface area contributed by atoms with Crippen LogP contribution < -0.4 is 11.1 Å². The molecular formula is C13H20N2O2S2. The third-order valence-corrected chi connectivity index (χ3v) is 6.34. The summed E-state index contributed by atoms with van der Waals surface area (Å²) in [5.74, 6) is 0. The van der Waals surface area contributed by atoms with E-state index in [9.17, 15) is 8.42 Å². The number of hydrogen-bond acceptors (Lipinski definition) is 5. The van der Waals surface area contributed by atoms with E-state index in [0.29, 0.717) is 11.4 Å². The zero-order chi connectivity index (χ0) is 14.1. The Labute approximate surface area is 119 Å². The first-order valence-corrected chi connectivity index (χ1v) is 9.37. The molecule has 0 aromatic heterocycles. The van der Waals surface area contributed by atoms with Crippen LogP contribution in [-0.2, 0) is 9.84 Å². The van der Waals surface area contributed by atoms with Crippen LogP contribution in [0.15, 0.2) is 23.1 Å². The quantitative estimate of drug-likeness (QED) is 0.817. The smallest absolute Gasteiger partial charge is 0.177 e. The number of sulfone groups is 1. The second-order valence-electron chi connectivity index (χ2n) is 5.08. The van der Waals surface area contributed by atoms with E-state index in [-0.39, 0.29) is 9.64 Å². The van der Waals surface area contributed by atoms with Crippen molar-refractivity contribution in [3.63, 3.8) is 0 Å². The molecule has 106 valence electrons. The fourth-order valence-electron chi connectivity index (χ4n) is 2.30. The second kappa shape index (κ2) is 5.25. The van der Waals surface area contributed by atoms with Gasteiger partial charge in [-0.1, -0.05) is 12.5 Å². The molecule has 19 heavy (non-hydrogen) atoms. The molecule has 1 saturated carbocycles. The van der Waals surface area contributed by atoms with E-state index >= 15 is 0 Å². The third kappa shape index (κ3) is 3.00. The Hall–Kier alpha value is -0.880. The first kappa shape index (κ1) is 14.5. The van der Waals surface area contributed by atoms with Crippen LogP contribution >= 0.6 is 11.8 Å². The molecule has 0 spiro atoms. The van der Waals surface area contributed by atoms with E-state index in [1.165, 1.54) is 25.5 Å². The van der Waals surface area contributed by atoms with Crippen molar-refractivity contribution in [1.29, 1.82) is 0 Å². The van der Waals surface area contributed by atoms with E-state index in [1.807, 2.05) is 17.8 Å². The monoisotopic (exact) mass is 300 g/mol. The number of nitrogens with one attached hydrogen (secondary N) is 1. The minimum atomic E-state index is -3.28. The maximum Gasteiger partial charge on any atom is 0.177 e. The summed E-state index contributed by atoms with van der Waals surface area (Å²) in [6, 6.07) is 5.10. The van der Waals surface area contributed by atoms with Crippen LogP contribution in [0, 0.1) is 0 Å². The zero-order valence-electron chi connectivity index (χ0n) is 11.3. The number of thioether (sulfide) groups is 1.